The molecule has 164 valence electrons. The third-order valence-electron chi connectivity index (χ3n) is 4.76. The number of amides is 1. The van der Waals surface area contributed by atoms with E-state index in [0.717, 1.165) is 16.8 Å². The molecule has 1 aromatic heterocycles. The minimum atomic E-state index is -4.39. The highest BCUT2D eigenvalue weighted by Gasteiger charge is 2.27. The van der Waals surface area contributed by atoms with Crippen LogP contribution < -0.4 is 5.32 Å². The fourth-order valence-electron chi connectivity index (χ4n) is 3.29. The zero-order valence-electron chi connectivity index (χ0n) is 17.6. The van der Waals surface area contributed by atoms with Crippen molar-refractivity contribution in [2.75, 3.05) is 11.9 Å². The van der Waals surface area contributed by atoms with Gasteiger partial charge in [0.2, 0.25) is 0 Å². The second-order valence-corrected chi connectivity index (χ2v) is 7.46. The van der Waals surface area contributed by atoms with Crippen LogP contribution in [0.5, 0.6) is 0 Å². The number of benzene rings is 2. The molecule has 0 saturated heterocycles. The largest absolute Gasteiger partial charge is 0.411 e. The molecule has 0 atom stereocenters. The molecular weight excluding hydrogens is 407 g/mol. The lowest BCUT2D eigenvalue weighted by Gasteiger charge is -2.10. The highest BCUT2D eigenvalue weighted by molar-refractivity contribution is 6.05. The summed E-state index contributed by atoms with van der Waals surface area (Å²) in [5.41, 5.74) is 5.21. The van der Waals surface area contributed by atoms with Crippen LogP contribution in [0, 0.1) is 20.8 Å². The van der Waals surface area contributed by atoms with Crippen molar-refractivity contribution in [1.29, 1.82) is 0 Å². The highest BCUT2D eigenvalue weighted by atomic mass is 19.4. The van der Waals surface area contributed by atoms with Crippen LogP contribution >= 0.6 is 0 Å². The van der Waals surface area contributed by atoms with Crippen molar-refractivity contribution in [3.8, 4) is 0 Å². The molecule has 0 spiro atoms. The molecule has 0 fully saturated rings. The first-order chi connectivity index (χ1) is 14.6. The van der Waals surface area contributed by atoms with Crippen LogP contribution in [0.15, 0.2) is 48.5 Å². The molecule has 1 N–H and O–H groups in total. The zero-order valence-corrected chi connectivity index (χ0v) is 17.6. The molecule has 0 aliphatic rings. The molecule has 1 heterocycles. The van der Waals surface area contributed by atoms with Gasteiger partial charge in [-0.05, 0) is 44.0 Å². The van der Waals surface area contributed by atoms with Crippen LogP contribution in [0.1, 0.15) is 38.4 Å². The topological polar surface area (TPSA) is 56.2 Å². The van der Waals surface area contributed by atoms with Gasteiger partial charge in [0.1, 0.15) is 6.61 Å². The molecule has 0 bridgehead atoms. The Morgan fingerprint density at radius 2 is 1.77 bits per heavy atom. The first kappa shape index (κ1) is 22.6. The van der Waals surface area contributed by atoms with E-state index >= 15 is 0 Å². The SMILES string of the molecule is Cc1cccc(Cn2nc(C)c(NC(=O)c3cccc(COCC(F)(F)F)c3)c2C)c1. The summed E-state index contributed by atoms with van der Waals surface area (Å²) in [6, 6.07) is 14.5. The van der Waals surface area contributed by atoms with Crippen molar-refractivity contribution in [3.63, 3.8) is 0 Å². The predicted molar refractivity (Wildman–Crippen MR) is 112 cm³/mol. The van der Waals surface area contributed by atoms with Crippen LogP contribution in [0.4, 0.5) is 18.9 Å². The number of ether oxygens (including phenoxy) is 1. The molecule has 0 aliphatic heterocycles. The van der Waals surface area contributed by atoms with E-state index in [2.05, 4.69) is 21.2 Å². The lowest BCUT2D eigenvalue weighted by molar-refractivity contribution is -0.176. The summed E-state index contributed by atoms with van der Waals surface area (Å²) in [6.07, 6.45) is -4.39. The molecule has 8 heteroatoms. The number of nitrogens with one attached hydrogen (secondary N) is 1. The van der Waals surface area contributed by atoms with E-state index in [1.807, 2.05) is 43.7 Å². The molecule has 3 aromatic rings. The van der Waals surface area contributed by atoms with Gasteiger partial charge >= 0.3 is 6.18 Å². The molecule has 0 unspecified atom stereocenters. The number of anilines is 1. The number of rotatable bonds is 7. The smallest absolute Gasteiger partial charge is 0.367 e. The Kier molecular flexibility index (Phi) is 6.80. The van der Waals surface area contributed by atoms with Gasteiger partial charge in [0.15, 0.2) is 0 Å². The predicted octanol–water partition coefficient (Wildman–Crippen LogP) is 5.19. The summed E-state index contributed by atoms with van der Waals surface area (Å²) in [4.78, 5) is 12.7. The molecule has 3 rings (SSSR count). The van der Waals surface area contributed by atoms with Crippen molar-refractivity contribution in [2.24, 2.45) is 0 Å². The van der Waals surface area contributed by atoms with E-state index in [-0.39, 0.29) is 12.5 Å². The second-order valence-electron chi connectivity index (χ2n) is 7.46. The minimum absolute atomic E-state index is 0.229. The number of alkyl halides is 3. The number of hydrogen-bond acceptors (Lipinski definition) is 3. The van der Waals surface area contributed by atoms with Crippen LogP contribution in [-0.2, 0) is 17.9 Å². The maximum atomic E-state index is 12.7. The zero-order chi connectivity index (χ0) is 22.6. The molecule has 31 heavy (non-hydrogen) atoms. The van der Waals surface area contributed by atoms with E-state index in [9.17, 15) is 18.0 Å². The van der Waals surface area contributed by atoms with Gasteiger partial charge in [0, 0.05) is 5.56 Å². The van der Waals surface area contributed by atoms with Gasteiger partial charge in [0.25, 0.3) is 5.91 Å². The minimum Gasteiger partial charge on any atom is -0.367 e. The van der Waals surface area contributed by atoms with Gasteiger partial charge in [0.05, 0.1) is 30.2 Å². The fourth-order valence-corrected chi connectivity index (χ4v) is 3.29. The van der Waals surface area contributed by atoms with E-state index in [1.54, 1.807) is 18.2 Å². The highest BCUT2D eigenvalue weighted by Crippen LogP contribution is 2.22. The lowest BCUT2D eigenvalue weighted by atomic mass is 10.1. The third kappa shape index (κ3) is 6.18. The fraction of sp³-hybridized carbons (Fsp3) is 0.304. The number of carbonyl (C=O) groups is 1. The summed E-state index contributed by atoms with van der Waals surface area (Å²) >= 11 is 0. The molecule has 0 aliphatic carbocycles. The van der Waals surface area contributed by atoms with Gasteiger partial charge in [-0.25, -0.2) is 0 Å². The Labute approximate surface area is 178 Å². The van der Waals surface area contributed by atoms with Gasteiger partial charge in [-0.2, -0.15) is 18.3 Å². The first-order valence-corrected chi connectivity index (χ1v) is 9.77. The van der Waals surface area contributed by atoms with E-state index in [4.69, 9.17) is 0 Å². The number of hydrogen-bond donors (Lipinski definition) is 1. The van der Waals surface area contributed by atoms with Crippen molar-refractivity contribution >= 4 is 11.6 Å². The average Bonchev–Trinajstić information content (AvgIpc) is 2.94. The lowest BCUT2D eigenvalue weighted by Crippen LogP contribution is -2.17. The first-order valence-electron chi connectivity index (χ1n) is 9.77. The van der Waals surface area contributed by atoms with E-state index in [1.165, 1.54) is 6.07 Å². The van der Waals surface area contributed by atoms with Crippen molar-refractivity contribution in [1.82, 2.24) is 9.78 Å². The summed E-state index contributed by atoms with van der Waals surface area (Å²) in [5, 5.41) is 7.42. The average molecular weight is 431 g/mol. The summed E-state index contributed by atoms with van der Waals surface area (Å²) in [5.74, 6) is -0.362. The second kappa shape index (κ2) is 9.34. The van der Waals surface area contributed by atoms with Crippen LogP contribution in [0.25, 0.3) is 0 Å². The van der Waals surface area contributed by atoms with Crippen LogP contribution in [-0.4, -0.2) is 28.5 Å². The summed E-state index contributed by atoms with van der Waals surface area (Å²) in [6.45, 7) is 4.74. The quantitative estimate of drug-likeness (QED) is 0.560. The van der Waals surface area contributed by atoms with E-state index in [0.29, 0.717) is 29.1 Å². The monoisotopic (exact) mass is 431 g/mol. The van der Waals surface area contributed by atoms with Crippen molar-refractivity contribution in [3.05, 3.63) is 82.2 Å². The molecule has 0 saturated carbocycles. The Hall–Kier alpha value is -3.13. The summed E-state index contributed by atoms with van der Waals surface area (Å²) < 4.78 is 43.2. The normalized spacial score (nSPS) is 11.5. The number of aryl methyl sites for hydroxylation is 2. The number of aromatic nitrogens is 2. The van der Waals surface area contributed by atoms with E-state index < -0.39 is 12.8 Å². The molecule has 5 nitrogen and oxygen atoms in total. The Morgan fingerprint density at radius 3 is 2.48 bits per heavy atom. The number of carbonyl (C=O) groups excluding carboxylic acids is 1. The molecule has 2 aromatic carbocycles. The Morgan fingerprint density at radius 1 is 1.06 bits per heavy atom. The van der Waals surface area contributed by atoms with Crippen molar-refractivity contribution < 1.29 is 22.7 Å². The molecule has 1 amide bonds. The van der Waals surface area contributed by atoms with Gasteiger partial charge in [-0.15, -0.1) is 0 Å². The third-order valence-corrected chi connectivity index (χ3v) is 4.76. The maximum absolute atomic E-state index is 12.7. The molecule has 0 radical (unpaired) electrons. The number of nitrogens with zero attached hydrogens (tertiary/aromatic N) is 2. The van der Waals surface area contributed by atoms with Gasteiger partial charge in [-0.3, -0.25) is 9.48 Å². The van der Waals surface area contributed by atoms with Gasteiger partial charge < -0.3 is 10.1 Å². The standard InChI is InChI=1S/C23H24F3N3O2/c1-15-6-4-7-18(10-15)12-29-17(3)21(16(2)28-29)27-22(30)20-9-5-8-19(11-20)13-31-14-23(24,25)26/h4-11H,12-14H2,1-3H3,(H,27,30). The molecular formula is C23H24F3N3O2. The number of halogens is 3. The Bertz CT molecular complexity index is 1070. The Balaban J connectivity index is 1.70. The van der Waals surface area contributed by atoms with Crippen LogP contribution in [0.3, 0.4) is 0 Å². The maximum Gasteiger partial charge on any atom is 0.411 e. The van der Waals surface area contributed by atoms with Crippen molar-refractivity contribution in [2.45, 2.75) is 40.1 Å². The van der Waals surface area contributed by atoms with Gasteiger partial charge in [-0.1, -0.05) is 42.0 Å². The summed E-state index contributed by atoms with van der Waals surface area (Å²) in [7, 11) is 0. The van der Waals surface area contributed by atoms with Crippen LogP contribution in [0.2, 0.25) is 0 Å².